The van der Waals surface area contributed by atoms with Crippen LogP contribution in [0.2, 0.25) is 0 Å². The molecule has 6 nitrogen and oxygen atoms in total. The van der Waals surface area contributed by atoms with E-state index in [1.807, 2.05) is 48.5 Å². The molecule has 2 N–H and O–H groups in total. The largest absolute Gasteiger partial charge is 0.497 e. The number of ether oxygens (including phenoxy) is 1. The first-order chi connectivity index (χ1) is 12.7. The second-order valence-electron chi connectivity index (χ2n) is 6.21. The predicted molar refractivity (Wildman–Crippen MR) is 101 cm³/mol. The Morgan fingerprint density at radius 2 is 1.96 bits per heavy atom. The molecule has 1 fully saturated rings. The van der Waals surface area contributed by atoms with Crippen LogP contribution in [0, 0.1) is 0 Å². The van der Waals surface area contributed by atoms with Crippen LogP contribution in [0.4, 0.5) is 16.2 Å². The van der Waals surface area contributed by atoms with Crippen molar-refractivity contribution in [3.8, 4) is 5.75 Å². The fourth-order valence-corrected chi connectivity index (χ4v) is 2.93. The predicted octanol–water partition coefficient (Wildman–Crippen LogP) is 3.53. The number of rotatable bonds is 5. The number of benzene rings is 2. The zero-order valence-electron chi connectivity index (χ0n) is 14.8. The van der Waals surface area contributed by atoms with Gasteiger partial charge in [-0.1, -0.05) is 18.2 Å². The molecule has 26 heavy (non-hydrogen) atoms. The molecular formula is C20H23N3O3. The van der Waals surface area contributed by atoms with Crippen molar-refractivity contribution in [1.29, 1.82) is 0 Å². The van der Waals surface area contributed by atoms with E-state index < -0.39 is 0 Å². The Bertz CT molecular complexity index is 774. The van der Waals surface area contributed by atoms with Crippen molar-refractivity contribution in [2.75, 3.05) is 23.9 Å². The molecule has 2 aromatic carbocycles. The van der Waals surface area contributed by atoms with Gasteiger partial charge in [-0.2, -0.15) is 0 Å². The number of hydrogen-bond acceptors (Lipinski definition) is 3. The summed E-state index contributed by atoms with van der Waals surface area (Å²) in [6.07, 6.45) is 2.53. The number of piperidine rings is 1. The van der Waals surface area contributed by atoms with Gasteiger partial charge in [0, 0.05) is 30.9 Å². The molecule has 0 bridgehead atoms. The summed E-state index contributed by atoms with van der Waals surface area (Å²) >= 11 is 0. The SMILES string of the molecule is COc1ccc(CNC(=O)Nc2cccc(N3CCCCC3=O)c2)cc1. The third kappa shape index (κ3) is 4.53. The Kier molecular flexibility index (Phi) is 5.73. The summed E-state index contributed by atoms with van der Waals surface area (Å²) in [6.45, 7) is 1.14. The highest BCUT2D eigenvalue weighted by molar-refractivity contribution is 5.95. The maximum Gasteiger partial charge on any atom is 0.319 e. The van der Waals surface area contributed by atoms with E-state index in [4.69, 9.17) is 4.74 Å². The van der Waals surface area contributed by atoms with Crippen molar-refractivity contribution in [2.24, 2.45) is 0 Å². The van der Waals surface area contributed by atoms with Crippen molar-refractivity contribution in [1.82, 2.24) is 5.32 Å². The van der Waals surface area contributed by atoms with Gasteiger partial charge in [-0.05, 0) is 48.7 Å². The van der Waals surface area contributed by atoms with Gasteiger partial charge in [-0.3, -0.25) is 4.79 Å². The smallest absolute Gasteiger partial charge is 0.319 e. The van der Waals surface area contributed by atoms with E-state index in [1.165, 1.54) is 0 Å². The molecule has 0 radical (unpaired) electrons. The Balaban J connectivity index is 1.56. The number of anilines is 2. The van der Waals surface area contributed by atoms with Crippen molar-refractivity contribution < 1.29 is 14.3 Å². The zero-order valence-corrected chi connectivity index (χ0v) is 14.8. The van der Waals surface area contributed by atoms with E-state index in [2.05, 4.69) is 10.6 Å². The monoisotopic (exact) mass is 353 g/mol. The van der Waals surface area contributed by atoms with Crippen molar-refractivity contribution in [2.45, 2.75) is 25.8 Å². The highest BCUT2D eigenvalue weighted by atomic mass is 16.5. The molecule has 0 aromatic heterocycles. The molecule has 3 rings (SSSR count). The molecule has 1 aliphatic rings. The Hall–Kier alpha value is -3.02. The fourth-order valence-electron chi connectivity index (χ4n) is 2.93. The van der Waals surface area contributed by atoms with Crippen molar-refractivity contribution >= 4 is 23.3 Å². The third-order valence-electron chi connectivity index (χ3n) is 4.35. The normalized spacial score (nSPS) is 14.0. The maximum atomic E-state index is 12.1. The molecule has 0 spiro atoms. The van der Waals surface area contributed by atoms with Gasteiger partial charge in [0.1, 0.15) is 5.75 Å². The summed E-state index contributed by atoms with van der Waals surface area (Å²) in [7, 11) is 1.62. The van der Waals surface area contributed by atoms with Crippen molar-refractivity contribution in [3.63, 3.8) is 0 Å². The highest BCUT2D eigenvalue weighted by Crippen LogP contribution is 2.23. The van der Waals surface area contributed by atoms with Crippen LogP contribution < -0.4 is 20.3 Å². The summed E-state index contributed by atoms with van der Waals surface area (Å²) in [4.78, 5) is 26.0. The lowest BCUT2D eigenvalue weighted by molar-refractivity contribution is -0.119. The van der Waals surface area contributed by atoms with Gasteiger partial charge in [0.15, 0.2) is 0 Å². The van der Waals surface area contributed by atoms with Crippen LogP contribution in [0.3, 0.4) is 0 Å². The number of methoxy groups -OCH3 is 1. The molecule has 1 aliphatic heterocycles. The van der Waals surface area contributed by atoms with Gasteiger partial charge in [0.05, 0.1) is 7.11 Å². The summed E-state index contributed by atoms with van der Waals surface area (Å²) in [5, 5.41) is 5.64. The molecule has 1 heterocycles. The number of hydrogen-bond donors (Lipinski definition) is 2. The van der Waals surface area contributed by atoms with E-state index >= 15 is 0 Å². The van der Waals surface area contributed by atoms with E-state index in [-0.39, 0.29) is 11.9 Å². The lowest BCUT2D eigenvalue weighted by Crippen LogP contribution is -2.35. The Morgan fingerprint density at radius 3 is 2.69 bits per heavy atom. The topological polar surface area (TPSA) is 70.7 Å². The number of urea groups is 1. The molecule has 2 aromatic rings. The van der Waals surface area contributed by atoms with Gasteiger partial charge in [-0.25, -0.2) is 4.79 Å². The maximum absolute atomic E-state index is 12.1. The average Bonchev–Trinajstić information content (AvgIpc) is 2.67. The van der Waals surface area contributed by atoms with Gasteiger partial charge in [-0.15, -0.1) is 0 Å². The molecule has 0 saturated carbocycles. The number of nitrogens with one attached hydrogen (secondary N) is 2. The van der Waals surface area contributed by atoms with Gasteiger partial charge in [0.2, 0.25) is 5.91 Å². The first kappa shape index (κ1) is 17.8. The second kappa shape index (κ2) is 8.38. The average molecular weight is 353 g/mol. The lowest BCUT2D eigenvalue weighted by Gasteiger charge is -2.27. The van der Waals surface area contributed by atoms with Crippen molar-refractivity contribution in [3.05, 3.63) is 54.1 Å². The van der Waals surface area contributed by atoms with Gasteiger partial charge >= 0.3 is 6.03 Å². The van der Waals surface area contributed by atoms with Gasteiger partial charge < -0.3 is 20.3 Å². The van der Waals surface area contributed by atoms with Crippen LogP contribution in [-0.2, 0) is 11.3 Å². The molecule has 0 atom stereocenters. The second-order valence-corrected chi connectivity index (χ2v) is 6.21. The standard InChI is InChI=1S/C20H23N3O3/c1-26-18-10-8-15(9-11-18)14-21-20(25)22-16-5-4-6-17(13-16)23-12-3-2-7-19(23)24/h4-6,8-11,13H,2-3,7,12,14H2,1H3,(H2,21,22,25). The summed E-state index contributed by atoms with van der Waals surface area (Å²) < 4.78 is 5.11. The molecule has 0 unspecified atom stereocenters. The minimum atomic E-state index is -0.289. The third-order valence-corrected chi connectivity index (χ3v) is 4.35. The van der Waals surface area contributed by atoms with Crippen LogP contribution in [-0.4, -0.2) is 25.6 Å². The summed E-state index contributed by atoms with van der Waals surface area (Å²) in [5.74, 6) is 0.916. The van der Waals surface area contributed by atoms with E-state index in [1.54, 1.807) is 12.0 Å². The number of amides is 3. The number of carbonyl (C=O) groups is 2. The van der Waals surface area contributed by atoms with Crippen LogP contribution >= 0.6 is 0 Å². The number of nitrogens with zero attached hydrogens (tertiary/aromatic N) is 1. The van der Waals surface area contributed by atoms with Gasteiger partial charge in [0.25, 0.3) is 0 Å². The molecule has 1 saturated heterocycles. The Labute approximate surface area is 153 Å². The Morgan fingerprint density at radius 1 is 1.15 bits per heavy atom. The van der Waals surface area contributed by atoms with Crippen LogP contribution in [0.1, 0.15) is 24.8 Å². The van der Waals surface area contributed by atoms with Crippen LogP contribution in [0.25, 0.3) is 0 Å². The molecule has 3 amide bonds. The zero-order chi connectivity index (χ0) is 18.4. The molecule has 0 aliphatic carbocycles. The summed E-state index contributed by atoms with van der Waals surface area (Å²) in [5.41, 5.74) is 2.46. The van der Waals surface area contributed by atoms with Crippen LogP contribution in [0.15, 0.2) is 48.5 Å². The summed E-state index contributed by atoms with van der Waals surface area (Å²) in [6, 6.07) is 14.6. The lowest BCUT2D eigenvalue weighted by atomic mass is 10.1. The minimum Gasteiger partial charge on any atom is -0.497 e. The molecule has 136 valence electrons. The van der Waals surface area contributed by atoms with Crippen LogP contribution in [0.5, 0.6) is 5.75 Å². The quantitative estimate of drug-likeness (QED) is 0.864. The van der Waals surface area contributed by atoms with E-state index in [9.17, 15) is 9.59 Å². The molecular weight excluding hydrogens is 330 g/mol. The first-order valence-corrected chi connectivity index (χ1v) is 8.74. The molecule has 6 heteroatoms. The van der Waals surface area contributed by atoms with E-state index in [0.717, 1.165) is 36.4 Å². The first-order valence-electron chi connectivity index (χ1n) is 8.74. The fraction of sp³-hybridized carbons (Fsp3) is 0.300. The van der Waals surface area contributed by atoms with E-state index in [0.29, 0.717) is 18.7 Å². The number of carbonyl (C=O) groups excluding carboxylic acids is 2. The minimum absolute atomic E-state index is 0.136. The highest BCUT2D eigenvalue weighted by Gasteiger charge is 2.19.